The molecule has 3 nitrogen and oxygen atoms in total. The number of rotatable bonds is 6. The molecule has 2 aromatic carbocycles. The lowest BCUT2D eigenvalue weighted by molar-refractivity contribution is -0.137. The fraction of sp³-hybridized carbons (Fsp3) is 0.350. The lowest BCUT2D eigenvalue weighted by Gasteiger charge is -2.29. The third-order valence-corrected chi connectivity index (χ3v) is 4.41. The summed E-state index contributed by atoms with van der Waals surface area (Å²) >= 11 is 0. The van der Waals surface area contributed by atoms with Gasteiger partial charge >= 0.3 is 6.18 Å². The van der Waals surface area contributed by atoms with Crippen LogP contribution < -0.4 is 5.32 Å². The van der Waals surface area contributed by atoms with Gasteiger partial charge < -0.3 is 5.32 Å². The van der Waals surface area contributed by atoms with Crippen molar-refractivity contribution in [2.45, 2.75) is 33.0 Å². The molecule has 1 N–H and O–H groups in total. The topological polar surface area (TPSA) is 32.3 Å². The number of aryl methyl sites for hydroxylation is 1. The van der Waals surface area contributed by atoms with Crippen LogP contribution in [0.2, 0.25) is 0 Å². The van der Waals surface area contributed by atoms with Gasteiger partial charge in [0.2, 0.25) is 5.91 Å². The molecule has 0 aliphatic heterocycles. The van der Waals surface area contributed by atoms with Crippen molar-refractivity contribution in [2.24, 2.45) is 0 Å². The summed E-state index contributed by atoms with van der Waals surface area (Å²) in [6, 6.07) is 7.81. The average Bonchev–Trinajstić information content (AvgIpc) is 2.61. The van der Waals surface area contributed by atoms with Gasteiger partial charge in [-0.25, -0.2) is 4.39 Å². The first-order valence-corrected chi connectivity index (χ1v) is 8.65. The summed E-state index contributed by atoms with van der Waals surface area (Å²) in [5, 5.41) is 2.66. The molecule has 0 radical (unpaired) electrons. The highest BCUT2D eigenvalue weighted by Crippen LogP contribution is 2.32. The zero-order valence-electron chi connectivity index (χ0n) is 15.4. The number of halogens is 4. The van der Waals surface area contributed by atoms with E-state index in [0.29, 0.717) is 24.3 Å². The number of benzene rings is 2. The molecule has 1 atom stereocenters. The van der Waals surface area contributed by atoms with E-state index in [9.17, 15) is 22.4 Å². The van der Waals surface area contributed by atoms with E-state index < -0.39 is 29.5 Å². The van der Waals surface area contributed by atoms with E-state index in [1.54, 1.807) is 11.8 Å². The molecule has 0 heterocycles. The lowest BCUT2D eigenvalue weighted by Crippen LogP contribution is -2.37. The number of alkyl halides is 3. The summed E-state index contributed by atoms with van der Waals surface area (Å²) in [7, 11) is 0. The Morgan fingerprint density at radius 1 is 1.11 bits per heavy atom. The minimum Gasteiger partial charge on any atom is -0.324 e. The van der Waals surface area contributed by atoms with Crippen molar-refractivity contribution in [1.29, 1.82) is 0 Å². The van der Waals surface area contributed by atoms with Crippen molar-refractivity contribution in [3.63, 3.8) is 0 Å². The van der Waals surface area contributed by atoms with Gasteiger partial charge in [-0.05, 0) is 55.4 Å². The van der Waals surface area contributed by atoms with E-state index in [2.05, 4.69) is 5.32 Å². The standard InChI is InChI=1S/C20H22F4N2O/c1-4-26(5-2)18(14-7-6-8-15(11-14)20(22,23)24)19(27)25-17-12-16(21)10-9-13(17)3/h6-12,18H,4-5H2,1-3H3,(H,25,27)/t18-/m0/s1. The lowest BCUT2D eigenvalue weighted by atomic mass is 10.0. The number of hydrogen-bond donors (Lipinski definition) is 1. The molecule has 0 saturated carbocycles. The summed E-state index contributed by atoms with van der Waals surface area (Å²) in [5.74, 6) is -1.01. The number of likely N-dealkylation sites (N-methyl/N-ethyl adjacent to an activating group) is 1. The summed E-state index contributed by atoms with van der Waals surface area (Å²) < 4.78 is 52.8. The van der Waals surface area contributed by atoms with Crippen LogP contribution in [-0.4, -0.2) is 23.9 Å². The number of nitrogens with one attached hydrogen (secondary N) is 1. The van der Waals surface area contributed by atoms with E-state index in [0.717, 1.165) is 12.1 Å². The number of nitrogens with zero attached hydrogens (tertiary/aromatic N) is 1. The quantitative estimate of drug-likeness (QED) is 0.699. The van der Waals surface area contributed by atoms with Crippen LogP contribution >= 0.6 is 0 Å². The van der Waals surface area contributed by atoms with Gasteiger partial charge in [0.15, 0.2) is 0 Å². The molecule has 0 aliphatic carbocycles. The molecule has 0 unspecified atom stereocenters. The van der Waals surface area contributed by atoms with Crippen LogP contribution in [0.25, 0.3) is 0 Å². The summed E-state index contributed by atoms with van der Waals surface area (Å²) in [4.78, 5) is 14.7. The summed E-state index contributed by atoms with van der Waals surface area (Å²) in [5.41, 5.74) is 0.378. The van der Waals surface area contributed by atoms with E-state index in [1.807, 2.05) is 13.8 Å². The smallest absolute Gasteiger partial charge is 0.324 e. The first-order valence-electron chi connectivity index (χ1n) is 8.65. The Morgan fingerprint density at radius 3 is 2.37 bits per heavy atom. The zero-order valence-corrected chi connectivity index (χ0v) is 15.4. The molecule has 146 valence electrons. The second kappa shape index (κ2) is 8.52. The van der Waals surface area contributed by atoms with Gasteiger partial charge in [0.05, 0.1) is 5.56 Å². The number of carbonyl (C=O) groups is 1. The highest BCUT2D eigenvalue weighted by Gasteiger charge is 2.33. The van der Waals surface area contributed by atoms with Gasteiger partial charge in [0.25, 0.3) is 0 Å². The van der Waals surface area contributed by atoms with Gasteiger partial charge in [-0.1, -0.05) is 32.0 Å². The Morgan fingerprint density at radius 2 is 1.78 bits per heavy atom. The maximum Gasteiger partial charge on any atom is 0.416 e. The van der Waals surface area contributed by atoms with Gasteiger partial charge in [0.1, 0.15) is 11.9 Å². The van der Waals surface area contributed by atoms with Crippen LogP contribution in [0.4, 0.5) is 23.2 Å². The van der Waals surface area contributed by atoms with Crippen molar-refractivity contribution in [2.75, 3.05) is 18.4 Å². The Labute approximate surface area is 156 Å². The molecular formula is C20H22F4N2O. The van der Waals surface area contributed by atoms with Crippen LogP contribution in [0.5, 0.6) is 0 Å². The monoisotopic (exact) mass is 382 g/mol. The Hall–Kier alpha value is -2.41. The molecular weight excluding hydrogens is 360 g/mol. The van der Waals surface area contributed by atoms with Crippen LogP contribution in [0.3, 0.4) is 0 Å². The van der Waals surface area contributed by atoms with Crippen molar-refractivity contribution in [3.05, 3.63) is 65.0 Å². The second-order valence-electron chi connectivity index (χ2n) is 6.20. The molecule has 0 bridgehead atoms. The Bertz CT molecular complexity index is 801. The molecule has 27 heavy (non-hydrogen) atoms. The fourth-order valence-electron chi connectivity index (χ4n) is 2.93. The van der Waals surface area contributed by atoms with Crippen LogP contribution in [-0.2, 0) is 11.0 Å². The highest BCUT2D eigenvalue weighted by atomic mass is 19.4. The highest BCUT2D eigenvalue weighted by molar-refractivity contribution is 5.96. The van der Waals surface area contributed by atoms with Gasteiger partial charge in [0, 0.05) is 5.69 Å². The van der Waals surface area contributed by atoms with Gasteiger partial charge in [-0.15, -0.1) is 0 Å². The van der Waals surface area contributed by atoms with Crippen molar-refractivity contribution >= 4 is 11.6 Å². The van der Waals surface area contributed by atoms with Crippen molar-refractivity contribution < 1.29 is 22.4 Å². The fourth-order valence-corrected chi connectivity index (χ4v) is 2.93. The first kappa shape index (κ1) is 20.9. The molecule has 1 amide bonds. The maximum atomic E-state index is 13.5. The van der Waals surface area contributed by atoms with E-state index in [1.165, 1.54) is 30.3 Å². The Kier molecular flexibility index (Phi) is 6.59. The van der Waals surface area contributed by atoms with Crippen LogP contribution in [0, 0.1) is 12.7 Å². The molecule has 2 aromatic rings. The van der Waals surface area contributed by atoms with Crippen molar-refractivity contribution in [3.8, 4) is 0 Å². The van der Waals surface area contributed by atoms with E-state index in [4.69, 9.17) is 0 Å². The molecule has 7 heteroatoms. The van der Waals surface area contributed by atoms with Gasteiger partial charge in [-0.2, -0.15) is 13.2 Å². The minimum absolute atomic E-state index is 0.236. The molecule has 0 fully saturated rings. The third kappa shape index (κ3) is 5.07. The molecule has 0 aromatic heterocycles. The summed E-state index contributed by atoms with van der Waals surface area (Å²) in [6.45, 7) is 6.29. The maximum absolute atomic E-state index is 13.5. The first-order chi connectivity index (χ1) is 12.7. The molecule has 0 spiro atoms. The zero-order chi connectivity index (χ0) is 20.2. The SMILES string of the molecule is CCN(CC)[C@H](C(=O)Nc1cc(F)ccc1C)c1cccc(C(F)(F)F)c1. The van der Waals surface area contributed by atoms with Crippen LogP contribution in [0.15, 0.2) is 42.5 Å². The van der Waals surface area contributed by atoms with E-state index >= 15 is 0 Å². The number of anilines is 1. The Balaban J connectivity index is 2.43. The van der Waals surface area contributed by atoms with Crippen molar-refractivity contribution in [1.82, 2.24) is 4.90 Å². The van der Waals surface area contributed by atoms with E-state index in [-0.39, 0.29) is 5.56 Å². The molecule has 0 saturated heterocycles. The second-order valence-corrected chi connectivity index (χ2v) is 6.20. The number of amides is 1. The third-order valence-electron chi connectivity index (χ3n) is 4.41. The number of carbonyl (C=O) groups excluding carboxylic acids is 1. The average molecular weight is 382 g/mol. The predicted octanol–water partition coefficient (Wildman–Crippen LogP) is 5.17. The normalized spacial score (nSPS) is 12.9. The summed E-state index contributed by atoms with van der Waals surface area (Å²) in [6.07, 6.45) is -4.50. The molecule has 2 rings (SSSR count). The minimum atomic E-state index is -4.50. The molecule has 0 aliphatic rings. The number of hydrogen-bond acceptors (Lipinski definition) is 2. The largest absolute Gasteiger partial charge is 0.416 e. The van der Waals surface area contributed by atoms with Gasteiger partial charge in [-0.3, -0.25) is 9.69 Å². The van der Waals surface area contributed by atoms with Crippen LogP contribution in [0.1, 0.15) is 36.6 Å². The predicted molar refractivity (Wildman–Crippen MR) is 96.9 cm³/mol.